The second-order valence-corrected chi connectivity index (χ2v) is 9.12. The maximum atomic E-state index is 12.6. The third-order valence-corrected chi connectivity index (χ3v) is 6.09. The van der Waals surface area contributed by atoms with Crippen molar-refractivity contribution in [2.45, 2.75) is 13.0 Å². The molecule has 0 heterocycles. The Bertz CT molecular complexity index is 1060. The van der Waals surface area contributed by atoms with E-state index < -0.39 is 22.0 Å². The lowest BCUT2D eigenvalue weighted by Gasteiger charge is -2.27. The summed E-state index contributed by atoms with van der Waals surface area (Å²) in [5.41, 5.74) is 3.34. The summed E-state index contributed by atoms with van der Waals surface area (Å²) < 4.78 is 42.0. The zero-order valence-corrected chi connectivity index (χ0v) is 20.2. The third-order valence-electron chi connectivity index (χ3n) is 4.26. The van der Waals surface area contributed by atoms with Gasteiger partial charge in [-0.25, -0.2) is 13.8 Å². The number of benzene rings is 2. The average Bonchev–Trinajstić information content (AvgIpc) is 2.72. The van der Waals surface area contributed by atoms with Crippen molar-refractivity contribution in [3.05, 3.63) is 46.4 Å². The predicted octanol–water partition coefficient (Wildman–Crippen LogP) is 2.78. The highest BCUT2D eigenvalue weighted by Gasteiger charge is 2.29. The maximum Gasteiger partial charge on any atom is 0.263 e. The van der Waals surface area contributed by atoms with Gasteiger partial charge in [-0.05, 0) is 64.8 Å². The summed E-state index contributed by atoms with van der Waals surface area (Å²) in [7, 11) is 0.800. The number of hydrogen-bond donors (Lipinski definition) is 1. The fraction of sp³-hybridized carbons (Fsp3) is 0.300. The molecule has 2 rings (SSSR count). The van der Waals surface area contributed by atoms with Gasteiger partial charge in [0.15, 0.2) is 11.5 Å². The number of sulfonamides is 1. The molecule has 0 bridgehead atoms. The van der Waals surface area contributed by atoms with E-state index in [-0.39, 0.29) is 0 Å². The largest absolute Gasteiger partial charge is 0.497 e. The van der Waals surface area contributed by atoms with Crippen LogP contribution in [0.3, 0.4) is 0 Å². The predicted molar refractivity (Wildman–Crippen MR) is 123 cm³/mol. The summed E-state index contributed by atoms with van der Waals surface area (Å²) in [4.78, 5) is 12.6. The van der Waals surface area contributed by atoms with E-state index in [1.807, 2.05) is 0 Å². The van der Waals surface area contributed by atoms with Gasteiger partial charge in [-0.15, -0.1) is 0 Å². The van der Waals surface area contributed by atoms with Crippen LogP contribution in [0.15, 0.2) is 46.0 Å². The van der Waals surface area contributed by atoms with Crippen LogP contribution in [0.5, 0.6) is 17.2 Å². The molecule has 9 nitrogen and oxygen atoms in total. The van der Waals surface area contributed by atoms with Crippen LogP contribution in [-0.4, -0.2) is 54.2 Å². The van der Waals surface area contributed by atoms with Crippen LogP contribution in [0, 0.1) is 0 Å². The van der Waals surface area contributed by atoms with E-state index in [0.29, 0.717) is 33.0 Å². The number of hydrogen-bond acceptors (Lipinski definition) is 7. The van der Waals surface area contributed by atoms with Gasteiger partial charge in [-0.3, -0.25) is 9.10 Å². The van der Waals surface area contributed by atoms with Gasteiger partial charge in [0.05, 0.1) is 44.0 Å². The van der Waals surface area contributed by atoms with Crippen LogP contribution in [0.2, 0.25) is 0 Å². The quantitative estimate of drug-likeness (QED) is 0.408. The number of methoxy groups -OCH3 is 3. The van der Waals surface area contributed by atoms with E-state index in [2.05, 4.69) is 26.5 Å². The first-order valence-corrected chi connectivity index (χ1v) is 11.6. The van der Waals surface area contributed by atoms with Crippen LogP contribution in [0.4, 0.5) is 5.69 Å². The number of halogens is 1. The first kappa shape index (κ1) is 24.5. The Balaban J connectivity index is 2.20. The van der Waals surface area contributed by atoms with Gasteiger partial charge in [-0.1, -0.05) is 0 Å². The van der Waals surface area contributed by atoms with Gasteiger partial charge < -0.3 is 14.2 Å². The molecule has 0 aromatic heterocycles. The molecule has 1 unspecified atom stereocenters. The molecular formula is C20H24BrN3O6S. The van der Waals surface area contributed by atoms with Crippen LogP contribution >= 0.6 is 15.9 Å². The Morgan fingerprint density at radius 1 is 1.13 bits per heavy atom. The molecule has 1 N–H and O–H groups in total. The van der Waals surface area contributed by atoms with Crippen molar-refractivity contribution in [1.82, 2.24) is 5.43 Å². The van der Waals surface area contributed by atoms with Crippen LogP contribution in [0.1, 0.15) is 12.5 Å². The molecule has 1 amide bonds. The first-order valence-electron chi connectivity index (χ1n) is 9.00. The van der Waals surface area contributed by atoms with Gasteiger partial charge >= 0.3 is 0 Å². The van der Waals surface area contributed by atoms with Crippen molar-refractivity contribution in [3.8, 4) is 17.2 Å². The summed E-state index contributed by atoms with van der Waals surface area (Å²) in [6.45, 7) is 1.48. The molecule has 0 aliphatic carbocycles. The highest BCUT2D eigenvalue weighted by Crippen LogP contribution is 2.35. The van der Waals surface area contributed by atoms with E-state index in [0.717, 1.165) is 10.6 Å². The molecule has 0 radical (unpaired) electrons. The van der Waals surface area contributed by atoms with Gasteiger partial charge in [-0.2, -0.15) is 5.10 Å². The van der Waals surface area contributed by atoms with Crippen LogP contribution in [-0.2, 0) is 14.8 Å². The normalized spacial score (nSPS) is 12.3. The summed E-state index contributed by atoms with van der Waals surface area (Å²) in [6.07, 6.45) is 2.45. The highest BCUT2D eigenvalue weighted by atomic mass is 79.9. The van der Waals surface area contributed by atoms with E-state index in [4.69, 9.17) is 14.2 Å². The molecule has 0 aliphatic rings. The third kappa shape index (κ3) is 6.11. The minimum Gasteiger partial charge on any atom is -0.497 e. The Morgan fingerprint density at radius 2 is 1.77 bits per heavy atom. The molecule has 168 valence electrons. The number of rotatable bonds is 9. The number of amides is 1. The fourth-order valence-electron chi connectivity index (χ4n) is 2.81. The van der Waals surface area contributed by atoms with Gasteiger partial charge in [0, 0.05) is 0 Å². The molecule has 0 saturated carbocycles. The number of carbonyl (C=O) groups is 1. The van der Waals surface area contributed by atoms with E-state index >= 15 is 0 Å². The van der Waals surface area contributed by atoms with Crippen molar-refractivity contribution in [2.24, 2.45) is 5.10 Å². The Morgan fingerprint density at radius 3 is 2.29 bits per heavy atom. The monoisotopic (exact) mass is 513 g/mol. The average molecular weight is 514 g/mol. The Hall–Kier alpha value is -2.79. The SMILES string of the molecule is COc1ccc(N(C(C)C(=O)N/N=C/c2cc(Br)c(OC)c(OC)c2)S(C)(=O)=O)cc1. The number of nitrogens with zero attached hydrogens (tertiary/aromatic N) is 2. The maximum absolute atomic E-state index is 12.6. The van der Waals surface area contributed by atoms with Crippen molar-refractivity contribution in [3.63, 3.8) is 0 Å². The fourth-order valence-corrected chi connectivity index (χ4v) is 4.61. The number of hydrazone groups is 1. The van der Waals surface area contributed by atoms with E-state index in [9.17, 15) is 13.2 Å². The topological polar surface area (TPSA) is 107 Å². The van der Waals surface area contributed by atoms with Gasteiger partial charge in [0.2, 0.25) is 10.0 Å². The van der Waals surface area contributed by atoms with Gasteiger partial charge in [0.25, 0.3) is 5.91 Å². The number of nitrogens with one attached hydrogen (secondary N) is 1. The molecule has 0 fully saturated rings. The summed E-state index contributed by atoms with van der Waals surface area (Å²) >= 11 is 3.38. The summed E-state index contributed by atoms with van der Waals surface area (Å²) in [5, 5.41) is 3.94. The molecule has 0 saturated heterocycles. The number of anilines is 1. The van der Waals surface area contributed by atoms with Crippen LogP contribution in [0.25, 0.3) is 0 Å². The molecule has 2 aromatic carbocycles. The van der Waals surface area contributed by atoms with Crippen molar-refractivity contribution >= 4 is 43.8 Å². The zero-order valence-electron chi connectivity index (χ0n) is 17.7. The second-order valence-electron chi connectivity index (χ2n) is 6.41. The molecule has 1 atom stereocenters. The minimum atomic E-state index is -3.74. The smallest absolute Gasteiger partial charge is 0.263 e. The second kappa shape index (κ2) is 10.5. The molecule has 31 heavy (non-hydrogen) atoms. The van der Waals surface area contributed by atoms with Crippen molar-refractivity contribution in [2.75, 3.05) is 31.9 Å². The van der Waals surface area contributed by atoms with Crippen LogP contribution < -0.4 is 23.9 Å². The summed E-state index contributed by atoms with van der Waals surface area (Å²) in [6, 6.07) is 8.74. The lowest BCUT2D eigenvalue weighted by molar-refractivity contribution is -0.121. The van der Waals surface area contributed by atoms with Gasteiger partial charge in [0.1, 0.15) is 11.8 Å². The highest BCUT2D eigenvalue weighted by molar-refractivity contribution is 9.10. The molecule has 0 spiro atoms. The van der Waals surface area contributed by atoms with E-state index in [1.54, 1.807) is 36.4 Å². The Kier molecular flexibility index (Phi) is 8.28. The van der Waals surface area contributed by atoms with Crippen molar-refractivity contribution < 1.29 is 27.4 Å². The number of carbonyl (C=O) groups excluding carboxylic acids is 1. The first-order chi connectivity index (χ1) is 14.6. The summed E-state index contributed by atoms with van der Waals surface area (Å²) in [5.74, 6) is 0.985. The number of ether oxygens (including phenoxy) is 3. The Labute approximate surface area is 190 Å². The molecule has 0 aliphatic heterocycles. The standard InChI is InChI=1S/C20H24BrN3O6S/c1-13(24(31(5,26)27)15-6-8-16(28-2)9-7-15)20(25)23-22-12-14-10-17(21)19(30-4)18(11-14)29-3/h6-13H,1-5H3,(H,23,25)/b22-12+. The molecule has 11 heteroatoms. The molecular weight excluding hydrogens is 490 g/mol. The lowest BCUT2D eigenvalue weighted by atomic mass is 10.2. The molecule has 2 aromatic rings. The zero-order chi connectivity index (χ0) is 23.2. The van der Waals surface area contributed by atoms with Crippen molar-refractivity contribution in [1.29, 1.82) is 0 Å². The lowest BCUT2D eigenvalue weighted by Crippen LogP contribution is -2.46. The minimum absolute atomic E-state index is 0.332. The van der Waals surface area contributed by atoms with E-state index in [1.165, 1.54) is 34.5 Å².